The Labute approximate surface area is 120 Å². The second kappa shape index (κ2) is 5.09. The van der Waals surface area contributed by atoms with E-state index < -0.39 is 11.6 Å². The molecule has 0 atom stereocenters. The topological polar surface area (TPSA) is 37.8 Å². The summed E-state index contributed by atoms with van der Waals surface area (Å²) in [7, 11) is 1.72. The first-order valence-corrected chi connectivity index (χ1v) is 6.51. The highest BCUT2D eigenvalue weighted by Crippen LogP contribution is 2.29. The Kier molecular flexibility index (Phi) is 3.25. The van der Waals surface area contributed by atoms with Gasteiger partial charge in [0.05, 0.1) is 11.1 Å². The molecular formula is C16H13F2N3. The van der Waals surface area contributed by atoms with Crippen molar-refractivity contribution in [3.63, 3.8) is 0 Å². The molecule has 0 amide bonds. The van der Waals surface area contributed by atoms with E-state index in [2.05, 4.69) is 15.3 Å². The van der Waals surface area contributed by atoms with Crippen LogP contribution in [0.2, 0.25) is 0 Å². The molecule has 0 aliphatic rings. The Morgan fingerprint density at radius 3 is 2.29 bits per heavy atom. The van der Waals surface area contributed by atoms with Gasteiger partial charge in [-0.1, -0.05) is 18.2 Å². The number of hydrogen-bond acceptors (Lipinski definition) is 3. The maximum absolute atomic E-state index is 13.9. The van der Waals surface area contributed by atoms with Crippen molar-refractivity contribution in [3.8, 4) is 11.4 Å². The Bertz CT molecular complexity index is 811. The summed E-state index contributed by atoms with van der Waals surface area (Å²) >= 11 is 0. The number of rotatable bonds is 2. The first-order valence-electron chi connectivity index (χ1n) is 6.51. The Balaban J connectivity index is 2.35. The highest BCUT2D eigenvalue weighted by atomic mass is 19.1. The van der Waals surface area contributed by atoms with Crippen LogP contribution in [-0.4, -0.2) is 17.0 Å². The van der Waals surface area contributed by atoms with Crippen LogP contribution < -0.4 is 5.32 Å². The monoisotopic (exact) mass is 285 g/mol. The molecule has 0 unspecified atom stereocenters. The van der Waals surface area contributed by atoms with Gasteiger partial charge in [-0.05, 0) is 30.7 Å². The molecule has 0 fully saturated rings. The van der Waals surface area contributed by atoms with E-state index in [4.69, 9.17) is 0 Å². The minimum atomic E-state index is -0.677. The summed E-state index contributed by atoms with van der Waals surface area (Å²) in [5.74, 6) is -0.767. The zero-order valence-corrected chi connectivity index (χ0v) is 11.6. The van der Waals surface area contributed by atoms with Crippen molar-refractivity contribution >= 4 is 16.7 Å². The van der Waals surface area contributed by atoms with Crippen molar-refractivity contribution in [1.29, 1.82) is 0 Å². The Morgan fingerprint density at radius 2 is 1.62 bits per heavy atom. The predicted molar refractivity (Wildman–Crippen MR) is 79.2 cm³/mol. The van der Waals surface area contributed by atoms with E-state index in [1.54, 1.807) is 13.1 Å². The van der Waals surface area contributed by atoms with Crippen LogP contribution >= 0.6 is 0 Å². The molecule has 1 N–H and O–H groups in total. The normalized spacial score (nSPS) is 10.9. The molecule has 2 aromatic carbocycles. The number of aryl methyl sites for hydroxylation is 1. The number of benzene rings is 2. The fourth-order valence-corrected chi connectivity index (χ4v) is 2.36. The van der Waals surface area contributed by atoms with Crippen LogP contribution in [0.1, 0.15) is 5.56 Å². The Morgan fingerprint density at radius 1 is 0.952 bits per heavy atom. The van der Waals surface area contributed by atoms with Crippen LogP contribution in [0.25, 0.3) is 22.3 Å². The lowest BCUT2D eigenvalue weighted by Crippen LogP contribution is -2.02. The number of halogens is 2. The molecule has 3 nitrogen and oxygen atoms in total. The van der Waals surface area contributed by atoms with Gasteiger partial charge in [0.15, 0.2) is 5.82 Å². The van der Waals surface area contributed by atoms with E-state index in [0.717, 1.165) is 10.9 Å². The summed E-state index contributed by atoms with van der Waals surface area (Å²) in [5.41, 5.74) is 1.43. The molecule has 0 aliphatic carbocycles. The van der Waals surface area contributed by atoms with Gasteiger partial charge in [-0.25, -0.2) is 18.7 Å². The first kappa shape index (κ1) is 13.4. The van der Waals surface area contributed by atoms with E-state index in [1.165, 1.54) is 18.2 Å². The number of aromatic nitrogens is 2. The van der Waals surface area contributed by atoms with E-state index >= 15 is 0 Å². The lowest BCUT2D eigenvalue weighted by molar-refractivity contribution is 0.587. The van der Waals surface area contributed by atoms with Crippen LogP contribution in [0.5, 0.6) is 0 Å². The second-order valence-electron chi connectivity index (χ2n) is 4.71. The highest BCUT2D eigenvalue weighted by Gasteiger charge is 2.16. The van der Waals surface area contributed by atoms with Gasteiger partial charge in [0.25, 0.3) is 0 Å². The van der Waals surface area contributed by atoms with Crippen LogP contribution in [0.4, 0.5) is 14.6 Å². The van der Waals surface area contributed by atoms with Crippen molar-refractivity contribution in [2.24, 2.45) is 0 Å². The van der Waals surface area contributed by atoms with Gasteiger partial charge in [-0.15, -0.1) is 0 Å². The fraction of sp³-hybridized carbons (Fsp3) is 0.125. The smallest absolute Gasteiger partial charge is 0.168 e. The van der Waals surface area contributed by atoms with Crippen LogP contribution in [0.3, 0.4) is 0 Å². The summed E-state index contributed by atoms with van der Waals surface area (Å²) in [6, 6.07) is 9.30. The summed E-state index contributed by atoms with van der Waals surface area (Å²) in [6.45, 7) is 1.94. The van der Waals surface area contributed by atoms with Crippen LogP contribution in [0, 0.1) is 18.6 Å². The quantitative estimate of drug-likeness (QED) is 0.775. The summed E-state index contributed by atoms with van der Waals surface area (Å²) < 4.78 is 27.8. The van der Waals surface area contributed by atoms with E-state index in [1.807, 2.05) is 19.1 Å². The first-order chi connectivity index (χ1) is 10.1. The van der Waals surface area contributed by atoms with Crippen molar-refractivity contribution in [3.05, 3.63) is 53.6 Å². The molecule has 106 valence electrons. The molecule has 0 bridgehead atoms. The summed E-state index contributed by atoms with van der Waals surface area (Å²) in [4.78, 5) is 8.58. The summed E-state index contributed by atoms with van der Waals surface area (Å²) in [6.07, 6.45) is 0. The maximum Gasteiger partial charge on any atom is 0.168 e. The zero-order valence-electron chi connectivity index (χ0n) is 11.6. The van der Waals surface area contributed by atoms with Gasteiger partial charge in [-0.3, -0.25) is 0 Å². The molecule has 1 heterocycles. The SMILES string of the molecule is CNc1nc(-c2c(F)cccc2F)nc2cccc(C)c12. The highest BCUT2D eigenvalue weighted by molar-refractivity contribution is 5.93. The Hall–Kier alpha value is -2.56. The third kappa shape index (κ3) is 2.20. The molecule has 0 aliphatic heterocycles. The molecule has 0 saturated carbocycles. The van der Waals surface area contributed by atoms with Gasteiger partial charge in [0.2, 0.25) is 0 Å². The van der Waals surface area contributed by atoms with Gasteiger partial charge in [-0.2, -0.15) is 0 Å². The number of fused-ring (bicyclic) bond motifs is 1. The lowest BCUT2D eigenvalue weighted by atomic mass is 10.1. The zero-order chi connectivity index (χ0) is 15.0. The van der Waals surface area contributed by atoms with Crippen molar-refractivity contribution < 1.29 is 8.78 Å². The summed E-state index contributed by atoms with van der Waals surface area (Å²) in [5, 5.41) is 3.81. The number of nitrogens with one attached hydrogen (secondary N) is 1. The minimum absolute atomic E-state index is 0.0352. The molecule has 3 rings (SSSR count). The fourth-order valence-electron chi connectivity index (χ4n) is 2.36. The van der Waals surface area contributed by atoms with E-state index in [0.29, 0.717) is 11.3 Å². The van der Waals surface area contributed by atoms with Crippen LogP contribution in [0.15, 0.2) is 36.4 Å². The average Bonchev–Trinajstić information content (AvgIpc) is 2.46. The van der Waals surface area contributed by atoms with Crippen LogP contribution in [-0.2, 0) is 0 Å². The van der Waals surface area contributed by atoms with Crippen molar-refractivity contribution in [1.82, 2.24) is 9.97 Å². The van der Waals surface area contributed by atoms with Gasteiger partial charge in [0.1, 0.15) is 17.5 Å². The molecule has 0 saturated heterocycles. The molecule has 1 aromatic heterocycles. The standard InChI is InChI=1S/C16H13F2N3/c1-9-5-3-8-12-13(9)15(19-2)21-16(20-12)14-10(17)6-4-7-11(14)18/h3-8H,1-2H3,(H,19,20,21). The molecule has 3 aromatic rings. The molecule has 5 heteroatoms. The molecule has 0 spiro atoms. The van der Waals surface area contributed by atoms with Gasteiger partial charge >= 0.3 is 0 Å². The molecule has 21 heavy (non-hydrogen) atoms. The third-order valence-corrected chi connectivity index (χ3v) is 3.35. The number of anilines is 1. The largest absolute Gasteiger partial charge is 0.373 e. The minimum Gasteiger partial charge on any atom is -0.373 e. The van der Waals surface area contributed by atoms with E-state index in [-0.39, 0.29) is 11.4 Å². The average molecular weight is 285 g/mol. The van der Waals surface area contributed by atoms with Gasteiger partial charge in [0, 0.05) is 12.4 Å². The number of hydrogen-bond donors (Lipinski definition) is 1. The lowest BCUT2D eigenvalue weighted by Gasteiger charge is -2.11. The molecule has 0 radical (unpaired) electrons. The number of nitrogens with zero attached hydrogens (tertiary/aromatic N) is 2. The van der Waals surface area contributed by atoms with E-state index in [9.17, 15) is 8.78 Å². The van der Waals surface area contributed by atoms with Crippen molar-refractivity contribution in [2.75, 3.05) is 12.4 Å². The predicted octanol–water partition coefficient (Wildman–Crippen LogP) is 3.93. The van der Waals surface area contributed by atoms with Crippen molar-refractivity contribution in [2.45, 2.75) is 6.92 Å². The maximum atomic E-state index is 13.9. The van der Waals surface area contributed by atoms with Gasteiger partial charge < -0.3 is 5.32 Å². The second-order valence-corrected chi connectivity index (χ2v) is 4.71. The molecular weight excluding hydrogens is 272 g/mol. The third-order valence-electron chi connectivity index (χ3n) is 3.35.